The van der Waals surface area contributed by atoms with Crippen LogP contribution in [0.25, 0.3) is 20.2 Å². The standard InChI is InChI=1S/C12H5Cl2IS/c13-7-5-8(14)11(15)12-10(7)6-3-1-2-4-9(6)16-12/h1-5H. The van der Waals surface area contributed by atoms with Crippen LogP contribution in [0.2, 0.25) is 10.0 Å². The molecule has 1 heterocycles. The highest BCUT2D eigenvalue weighted by Crippen LogP contribution is 2.42. The van der Waals surface area contributed by atoms with Crippen LogP contribution >= 0.6 is 57.1 Å². The summed E-state index contributed by atoms with van der Waals surface area (Å²) in [5.41, 5.74) is 0. The van der Waals surface area contributed by atoms with E-state index in [1.165, 1.54) is 14.8 Å². The lowest BCUT2D eigenvalue weighted by Gasteiger charge is -2.00. The van der Waals surface area contributed by atoms with Crippen molar-refractivity contribution in [3.63, 3.8) is 0 Å². The van der Waals surface area contributed by atoms with Gasteiger partial charge in [-0.3, -0.25) is 0 Å². The fourth-order valence-electron chi connectivity index (χ4n) is 1.79. The molecule has 0 saturated heterocycles. The molecule has 3 rings (SSSR count). The van der Waals surface area contributed by atoms with Crippen molar-refractivity contribution in [3.05, 3.63) is 43.9 Å². The molecule has 3 aromatic rings. The van der Waals surface area contributed by atoms with Gasteiger partial charge in [-0.25, -0.2) is 0 Å². The van der Waals surface area contributed by atoms with E-state index < -0.39 is 0 Å². The zero-order chi connectivity index (χ0) is 11.3. The number of halogens is 3. The van der Waals surface area contributed by atoms with Gasteiger partial charge in [0.2, 0.25) is 0 Å². The van der Waals surface area contributed by atoms with Crippen molar-refractivity contribution in [2.24, 2.45) is 0 Å². The fourth-order valence-corrected chi connectivity index (χ4v) is 4.39. The molecule has 0 amide bonds. The zero-order valence-corrected chi connectivity index (χ0v) is 12.4. The SMILES string of the molecule is Clc1cc(Cl)c2c(sc3ccccc32)c1I. The number of hydrogen-bond donors (Lipinski definition) is 0. The Kier molecular flexibility index (Phi) is 2.78. The van der Waals surface area contributed by atoms with Crippen molar-refractivity contribution < 1.29 is 0 Å². The van der Waals surface area contributed by atoms with E-state index >= 15 is 0 Å². The average Bonchev–Trinajstić information content (AvgIpc) is 2.65. The van der Waals surface area contributed by atoms with Crippen molar-refractivity contribution in [3.8, 4) is 0 Å². The minimum atomic E-state index is 0.727. The highest BCUT2D eigenvalue weighted by molar-refractivity contribution is 14.1. The third-order valence-electron chi connectivity index (χ3n) is 2.50. The van der Waals surface area contributed by atoms with Crippen LogP contribution in [-0.4, -0.2) is 0 Å². The van der Waals surface area contributed by atoms with E-state index in [4.69, 9.17) is 23.2 Å². The van der Waals surface area contributed by atoms with Crippen LogP contribution in [0.1, 0.15) is 0 Å². The van der Waals surface area contributed by atoms with Gasteiger partial charge in [-0.05, 0) is 34.7 Å². The van der Waals surface area contributed by atoms with Crippen LogP contribution in [0.15, 0.2) is 30.3 Å². The monoisotopic (exact) mass is 378 g/mol. The summed E-state index contributed by atoms with van der Waals surface area (Å²) >= 11 is 16.4. The molecule has 2 aromatic carbocycles. The molecular formula is C12H5Cl2IS. The molecule has 0 bridgehead atoms. The Morgan fingerprint density at radius 3 is 2.62 bits per heavy atom. The normalized spacial score (nSPS) is 11.4. The number of benzene rings is 2. The maximum absolute atomic E-state index is 6.27. The summed E-state index contributed by atoms with van der Waals surface area (Å²) < 4.78 is 3.51. The van der Waals surface area contributed by atoms with Crippen molar-refractivity contribution in [1.82, 2.24) is 0 Å². The van der Waals surface area contributed by atoms with Gasteiger partial charge in [-0.2, -0.15) is 0 Å². The smallest absolute Gasteiger partial charge is 0.0569 e. The first-order valence-electron chi connectivity index (χ1n) is 4.63. The third-order valence-corrected chi connectivity index (χ3v) is 6.09. The van der Waals surface area contributed by atoms with Gasteiger partial charge in [0, 0.05) is 19.0 Å². The van der Waals surface area contributed by atoms with Gasteiger partial charge in [-0.1, -0.05) is 41.4 Å². The van der Waals surface area contributed by atoms with Gasteiger partial charge >= 0.3 is 0 Å². The van der Waals surface area contributed by atoms with Gasteiger partial charge in [0.15, 0.2) is 0 Å². The van der Waals surface area contributed by atoms with Crippen LogP contribution < -0.4 is 0 Å². The van der Waals surface area contributed by atoms with Gasteiger partial charge in [0.1, 0.15) is 0 Å². The molecule has 80 valence electrons. The van der Waals surface area contributed by atoms with E-state index in [1.54, 1.807) is 11.3 Å². The Hall–Kier alpha value is -0.0300. The van der Waals surface area contributed by atoms with E-state index in [-0.39, 0.29) is 0 Å². The van der Waals surface area contributed by atoms with Crippen LogP contribution in [-0.2, 0) is 0 Å². The third kappa shape index (κ3) is 1.55. The summed E-state index contributed by atoms with van der Waals surface area (Å²) in [6.07, 6.45) is 0. The Labute approximate surface area is 120 Å². The van der Waals surface area contributed by atoms with E-state index in [1.807, 2.05) is 18.2 Å². The van der Waals surface area contributed by atoms with Crippen LogP contribution in [0, 0.1) is 3.57 Å². The lowest BCUT2D eigenvalue weighted by molar-refractivity contribution is 1.78. The van der Waals surface area contributed by atoms with Crippen molar-refractivity contribution in [2.45, 2.75) is 0 Å². The molecule has 0 fully saturated rings. The molecule has 1 aromatic heterocycles. The lowest BCUT2D eigenvalue weighted by Crippen LogP contribution is -1.76. The Morgan fingerprint density at radius 2 is 1.81 bits per heavy atom. The van der Waals surface area contributed by atoms with Crippen molar-refractivity contribution >= 4 is 77.3 Å². The van der Waals surface area contributed by atoms with Crippen LogP contribution in [0.4, 0.5) is 0 Å². The Morgan fingerprint density at radius 1 is 1.06 bits per heavy atom. The topological polar surface area (TPSA) is 0 Å². The second kappa shape index (κ2) is 4.02. The number of thiophene rings is 1. The summed E-state index contributed by atoms with van der Waals surface area (Å²) in [5.74, 6) is 0. The lowest BCUT2D eigenvalue weighted by atomic mass is 10.1. The highest BCUT2D eigenvalue weighted by Gasteiger charge is 2.13. The summed E-state index contributed by atoms with van der Waals surface area (Å²) in [6, 6.07) is 10.1. The van der Waals surface area contributed by atoms with Crippen LogP contribution in [0.5, 0.6) is 0 Å². The summed E-state index contributed by atoms with van der Waals surface area (Å²) in [6.45, 7) is 0. The maximum Gasteiger partial charge on any atom is 0.0569 e. The first-order valence-corrected chi connectivity index (χ1v) is 7.28. The second-order valence-corrected chi connectivity index (χ2v) is 6.40. The number of fused-ring (bicyclic) bond motifs is 3. The summed E-state index contributed by atoms with van der Waals surface area (Å²) in [5, 5.41) is 3.79. The molecule has 0 nitrogen and oxygen atoms in total. The molecule has 0 aliphatic rings. The van der Waals surface area contributed by atoms with E-state index in [9.17, 15) is 0 Å². The second-order valence-electron chi connectivity index (χ2n) is 3.46. The van der Waals surface area contributed by atoms with Gasteiger partial charge in [-0.15, -0.1) is 11.3 Å². The van der Waals surface area contributed by atoms with Crippen molar-refractivity contribution in [1.29, 1.82) is 0 Å². The molecular weight excluding hydrogens is 374 g/mol. The average molecular weight is 379 g/mol. The van der Waals surface area contributed by atoms with Crippen LogP contribution in [0.3, 0.4) is 0 Å². The Bertz CT molecular complexity index is 703. The van der Waals surface area contributed by atoms with Gasteiger partial charge in [0.25, 0.3) is 0 Å². The minimum absolute atomic E-state index is 0.727. The zero-order valence-electron chi connectivity index (χ0n) is 7.93. The van der Waals surface area contributed by atoms with Gasteiger partial charge < -0.3 is 0 Å². The minimum Gasteiger partial charge on any atom is -0.134 e. The molecule has 16 heavy (non-hydrogen) atoms. The number of rotatable bonds is 0. The molecule has 0 aliphatic carbocycles. The molecule has 0 unspecified atom stereocenters. The molecule has 0 saturated carbocycles. The first-order chi connectivity index (χ1) is 7.68. The van der Waals surface area contributed by atoms with Crippen molar-refractivity contribution in [2.75, 3.05) is 0 Å². The van der Waals surface area contributed by atoms with Gasteiger partial charge in [0.05, 0.1) is 14.7 Å². The fraction of sp³-hybridized carbons (Fsp3) is 0. The number of hydrogen-bond acceptors (Lipinski definition) is 1. The molecule has 0 atom stereocenters. The predicted molar refractivity (Wildman–Crippen MR) is 82.1 cm³/mol. The molecule has 0 N–H and O–H groups in total. The molecule has 0 aliphatic heterocycles. The summed E-state index contributed by atoms with van der Waals surface area (Å²) in [7, 11) is 0. The maximum atomic E-state index is 6.27. The first kappa shape index (κ1) is 11.1. The molecule has 4 heteroatoms. The largest absolute Gasteiger partial charge is 0.134 e. The molecule has 0 spiro atoms. The van der Waals surface area contributed by atoms with E-state index in [0.717, 1.165) is 19.0 Å². The van der Waals surface area contributed by atoms with E-state index in [2.05, 4.69) is 34.7 Å². The Balaban J connectivity index is 2.64. The highest BCUT2D eigenvalue weighted by atomic mass is 127. The quantitative estimate of drug-likeness (QED) is 0.334. The van der Waals surface area contributed by atoms with E-state index in [0.29, 0.717) is 0 Å². The summed E-state index contributed by atoms with van der Waals surface area (Å²) in [4.78, 5) is 0. The predicted octanol–water partition coefficient (Wildman–Crippen LogP) is 5.97. The molecule has 0 radical (unpaired) electrons.